The minimum Gasteiger partial charge on any atom is -0.393 e. The van der Waals surface area contributed by atoms with Crippen LogP contribution in [-0.2, 0) is 0 Å². The molecule has 0 aliphatic rings. The molecule has 1 aromatic rings. The number of amides is 1. The topological polar surface area (TPSA) is 49.3 Å². The maximum absolute atomic E-state index is 12.0. The van der Waals surface area contributed by atoms with Crippen LogP contribution in [-0.4, -0.2) is 23.7 Å². The van der Waals surface area contributed by atoms with E-state index >= 15 is 0 Å². The van der Waals surface area contributed by atoms with Gasteiger partial charge in [-0.25, -0.2) is 0 Å². The van der Waals surface area contributed by atoms with Crippen LogP contribution >= 0.6 is 22.6 Å². The summed E-state index contributed by atoms with van der Waals surface area (Å²) in [6.45, 7) is 4.54. The minimum absolute atomic E-state index is 0.0333. The Hall–Kier alpha value is -0.620. The number of halogens is 1. The molecule has 0 saturated heterocycles. The fraction of sp³-hybridized carbons (Fsp3) is 0.500. The Labute approximate surface area is 122 Å². The molecule has 0 aliphatic carbocycles. The highest BCUT2D eigenvalue weighted by Gasteiger charge is 2.09. The Morgan fingerprint density at radius 2 is 2.22 bits per heavy atom. The van der Waals surface area contributed by atoms with Gasteiger partial charge < -0.3 is 10.4 Å². The van der Waals surface area contributed by atoms with Gasteiger partial charge in [0.05, 0.1) is 11.7 Å². The van der Waals surface area contributed by atoms with Crippen molar-refractivity contribution in [1.82, 2.24) is 5.32 Å². The van der Waals surface area contributed by atoms with Crippen molar-refractivity contribution in [2.45, 2.75) is 39.2 Å². The van der Waals surface area contributed by atoms with Crippen molar-refractivity contribution in [3.8, 4) is 0 Å². The third kappa shape index (κ3) is 4.94. The first-order chi connectivity index (χ1) is 8.54. The molecule has 0 heterocycles. The third-order valence-corrected chi connectivity index (χ3v) is 3.78. The summed E-state index contributed by atoms with van der Waals surface area (Å²) >= 11 is 2.17. The first-order valence-electron chi connectivity index (χ1n) is 6.27. The predicted molar refractivity (Wildman–Crippen MR) is 81.8 cm³/mol. The van der Waals surface area contributed by atoms with E-state index in [2.05, 4.69) is 27.9 Å². The van der Waals surface area contributed by atoms with Crippen LogP contribution in [0.3, 0.4) is 0 Å². The molecule has 0 spiro atoms. The van der Waals surface area contributed by atoms with Crippen LogP contribution in [0.15, 0.2) is 18.2 Å². The van der Waals surface area contributed by atoms with Gasteiger partial charge in [-0.15, -0.1) is 0 Å². The van der Waals surface area contributed by atoms with Crippen molar-refractivity contribution in [2.75, 3.05) is 6.54 Å². The molecule has 0 unspecified atom stereocenters. The van der Waals surface area contributed by atoms with Crippen LogP contribution in [0.25, 0.3) is 0 Å². The van der Waals surface area contributed by atoms with E-state index in [1.807, 2.05) is 32.0 Å². The number of benzene rings is 1. The summed E-state index contributed by atoms with van der Waals surface area (Å²) in [5.74, 6) is -0.0333. The number of aryl methyl sites for hydroxylation is 1. The zero-order valence-electron chi connectivity index (χ0n) is 10.9. The summed E-state index contributed by atoms with van der Waals surface area (Å²) in [6.07, 6.45) is 2.06. The summed E-state index contributed by atoms with van der Waals surface area (Å²) in [7, 11) is 0. The van der Waals surface area contributed by atoms with E-state index in [0.29, 0.717) is 6.54 Å². The van der Waals surface area contributed by atoms with Gasteiger partial charge >= 0.3 is 0 Å². The molecule has 1 aromatic carbocycles. The fourth-order valence-electron chi connectivity index (χ4n) is 1.65. The molecular formula is C14H20INO2. The van der Waals surface area contributed by atoms with Crippen LogP contribution in [0.4, 0.5) is 0 Å². The summed E-state index contributed by atoms with van der Waals surface area (Å²) in [6, 6.07) is 5.85. The second kappa shape index (κ2) is 7.74. The number of carbonyl (C=O) groups excluding carboxylic acids is 1. The lowest BCUT2D eigenvalue weighted by atomic mass is 10.1. The van der Waals surface area contributed by atoms with Gasteiger partial charge in [-0.05, 0) is 60.9 Å². The van der Waals surface area contributed by atoms with E-state index in [1.165, 1.54) is 0 Å². The molecule has 4 heteroatoms. The van der Waals surface area contributed by atoms with Gasteiger partial charge in [-0.1, -0.05) is 18.6 Å². The first-order valence-corrected chi connectivity index (χ1v) is 7.35. The van der Waals surface area contributed by atoms with E-state index in [0.717, 1.165) is 34.0 Å². The molecule has 2 N–H and O–H groups in total. The smallest absolute Gasteiger partial charge is 0.252 e. The Morgan fingerprint density at radius 3 is 2.89 bits per heavy atom. The molecule has 0 bridgehead atoms. The zero-order chi connectivity index (χ0) is 13.5. The second-order valence-corrected chi connectivity index (χ2v) is 5.61. The number of carbonyl (C=O) groups is 1. The second-order valence-electron chi connectivity index (χ2n) is 4.44. The zero-order valence-corrected chi connectivity index (χ0v) is 13.0. The van der Waals surface area contributed by atoms with Crippen molar-refractivity contribution in [3.05, 3.63) is 32.9 Å². The molecule has 0 aromatic heterocycles. The van der Waals surface area contributed by atoms with Gasteiger partial charge in [0.15, 0.2) is 0 Å². The molecule has 1 amide bonds. The minimum atomic E-state index is -0.249. The first kappa shape index (κ1) is 15.4. The van der Waals surface area contributed by atoms with E-state index in [-0.39, 0.29) is 12.0 Å². The van der Waals surface area contributed by atoms with Gasteiger partial charge in [-0.2, -0.15) is 0 Å². The number of hydrogen-bond acceptors (Lipinski definition) is 2. The standard InChI is InChI=1S/C14H20INO2/c1-3-11(17)5-4-8-16-14(18)12-9-10(2)6-7-13(12)15/h6-7,9,11,17H,3-5,8H2,1-2H3,(H,16,18)/t11-/m1/s1. The predicted octanol–water partition coefficient (Wildman–Crippen LogP) is 2.88. The number of aliphatic hydroxyl groups is 1. The van der Waals surface area contributed by atoms with E-state index < -0.39 is 0 Å². The average Bonchev–Trinajstić information content (AvgIpc) is 2.36. The van der Waals surface area contributed by atoms with Crippen LogP contribution < -0.4 is 5.32 Å². The normalized spacial score (nSPS) is 12.2. The van der Waals surface area contributed by atoms with Crippen LogP contribution in [0.2, 0.25) is 0 Å². The number of nitrogens with one attached hydrogen (secondary N) is 1. The Morgan fingerprint density at radius 1 is 1.50 bits per heavy atom. The molecule has 1 atom stereocenters. The molecule has 1 rings (SSSR count). The highest BCUT2D eigenvalue weighted by Crippen LogP contribution is 2.14. The number of hydrogen-bond donors (Lipinski definition) is 2. The van der Waals surface area contributed by atoms with E-state index in [4.69, 9.17) is 0 Å². The third-order valence-electron chi connectivity index (χ3n) is 2.84. The summed E-state index contributed by atoms with van der Waals surface area (Å²) in [5.41, 5.74) is 1.81. The van der Waals surface area contributed by atoms with Crippen molar-refractivity contribution < 1.29 is 9.90 Å². The van der Waals surface area contributed by atoms with Crippen molar-refractivity contribution in [1.29, 1.82) is 0 Å². The highest BCUT2D eigenvalue weighted by atomic mass is 127. The maximum atomic E-state index is 12.0. The molecule has 100 valence electrons. The molecule has 18 heavy (non-hydrogen) atoms. The van der Waals surface area contributed by atoms with Gasteiger partial charge in [0, 0.05) is 10.1 Å². The molecule has 0 radical (unpaired) electrons. The van der Waals surface area contributed by atoms with Gasteiger partial charge in [0.2, 0.25) is 0 Å². The molecule has 0 fully saturated rings. The lowest BCUT2D eigenvalue weighted by Gasteiger charge is -2.09. The SMILES string of the molecule is CC[C@@H](O)CCCNC(=O)c1cc(C)ccc1I. The van der Waals surface area contributed by atoms with E-state index in [1.54, 1.807) is 0 Å². The summed E-state index contributed by atoms with van der Waals surface area (Å²) < 4.78 is 0.962. The monoisotopic (exact) mass is 361 g/mol. The van der Waals surface area contributed by atoms with Crippen molar-refractivity contribution in [3.63, 3.8) is 0 Å². The maximum Gasteiger partial charge on any atom is 0.252 e. The number of rotatable bonds is 6. The molecule has 3 nitrogen and oxygen atoms in total. The molecule has 0 aliphatic heterocycles. The van der Waals surface area contributed by atoms with Crippen molar-refractivity contribution >= 4 is 28.5 Å². The lowest BCUT2D eigenvalue weighted by Crippen LogP contribution is -2.26. The van der Waals surface area contributed by atoms with Gasteiger partial charge in [0.25, 0.3) is 5.91 Å². The van der Waals surface area contributed by atoms with Gasteiger partial charge in [-0.3, -0.25) is 4.79 Å². The van der Waals surface area contributed by atoms with Crippen molar-refractivity contribution in [2.24, 2.45) is 0 Å². The summed E-state index contributed by atoms with van der Waals surface area (Å²) in [4.78, 5) is 12.0. The van der Waals surface area contributed by atoms with Crippen LogP contribution in [0.5, 0.6) is 0 Å². The van der Waals surface area contributed by atoms with Crippen LogP contribution in [0, 0.1) is 10.5 Å². The fourth-order valence-corrected chi connectivity index (χ4v) is 2.23. The van der Waals surface area contributed by atoms with Crippen LogP contribution in [0.1, 0.15) is 42.1 Å². The lowest BCUT2D eigenvalue weighted by molar-refractivity contribution is 0.0947. The highest BCUT2D eigenvalue weighted by molar-refractivity contribution is 14.1. The average molecular weight is 361 g/mol. The quantitative estimate of drug-likeness (QED) is 0.605. The molecular weight excluding hydrogens is 341 g/mol. The Bertz CT molecular complexity index is 407. The summed E-state index contributed by atoms with van der Waals surface area (Å²) in [5, 5.41) is 12.3. The number of aliphatic hydroxyl groups excluding tert-OH is 1. The Kier molecular flexibility index (Phi) is 6.63. The van der Waals surface area contributed by atoms with E-state index in [9.17, 15) is 9.90 Å². The molecule has 0 saturated carbocycles. The van der Waals surface area contributed by atoms with Gasteiger partial charge in [0.1, 0.15) is 0 Å². The Balaban J connectivity index is 2.43. The largest absolute Gasteiger partial charge is 0.393 e.